The van der Waals surface area contributed by atoms with Gasteiger partial charge in [-0.2, -0.15) is 0 Å². The van der Waals surface area contributed by atoms with E-state index in [2.05, 4.69) is 0 Å². The minimum atomic E-state index is -0.717. The molecule has 0 radical (unpaired) electrons. The lowest BCUT2D eigenvalue weighted by atomic mass is 9.94. The molecule has 0 spiro atoms. The molecule has 2 aromatic rings. The van der Waals surface area contributed by atoms with E-state index in [9.17, 15) is 14.7 Å². The van der Waals surface area contributed by atoms with Crippen molar-refractivity contribution in [1.82, 2.24) is 4.90 Å². The summed E-state index contributed by atoms with van der Waals surface area (Å²) in [7, 11) is 3.15. The standard InChI is InChI=1S/C25H27NO6/c1-15-12-18-13-17(8-9-20(18)32-15)23(27)21-22(16-6-4-7-19(14-16)31-3)26(10-5-11-30-2)25(29)24(21)28/h4,6-9,13-15,22,27H,5,10-12H2,1-3H3/b23-21-. The highest BCUT2D eigenvalue weighted by Crippen LogP contribution is 2.41. The van der Waals surface area contributed by atoms with Gasteiger partial charge in [-0.3, -0.25) is 9.59 Å². The molecule has 4 rings (SSSR count). The van der Waals surface area contributed by atoms with Crippen molar-refractivity contribution in [2.24, 2.45) is 0 Å². The molecule has 0 bridgehead atoms. The molecule has 1 amide bonds. The van der Waals surface area contributed by atoms with Gasteiger partial charge in [0.2, 0.25) is 0 Å². The van der Waals surface area contributed by atoms with Crippen molar-refractivity contribution in [2.75, 3.05) is 27.4 Å². The normalized spacial score (nSPS) is 21.5. The Morgan fingerprint density at radius 2 is 2.00 bits per heavy atom. The summed E-state index contributed by atoms with van der Waals surface area (Å²) in [6.45, 7) is 2.76. The van der Waals surface area contributed by atoms with Crippen LogP contribution in [0.15, 0.2) is 48.0 Å². The van der Waals surface area contributed by atoms with E-state index in [1.165, 1.54) is 4.90 Å². The number of likely N-dealkylation sites (tertiary alicyclic amines) is 1. The lowest BCUT2D eigenvalue weighted by Gasteiger charge is -2.25. The minimum Gasteiger partial charge on any atom is -0.507 e. The molecule has 7 nitrogen and oxygen atoms in total. The fraction of sp³-hybridized carbons (Fsp3) is 0.360. The highest BCUT2D eigenvalue weighted by Gasteiger charge is 2.46. The largest absolute Gasteiger partial charge is 0.507 e. The van der Waals surface area contributed by atoms with Crippen LogP contribution >= 0.6 is 0 Å². The fourth-order valence-electron chi connectivity index (χ4n) is 4.37. The van der Waals surface area contributed by atoms with Crippen LogP contribution < -0.4 is 9.47 Å². The molecular formula is C25H27NO6. The summed E-state index contributed by atoms with van der Waals surface area (Å²) in [5.74, 6) is -0.133. The second-order valence-corrected chi connectivity index (χ2v) is 8.07. The highest BCUT2D eigenvalue weighted by atomic mass is 16.5. The fourth-order valence-corrected chi connectivity index (χ4v) is 4.37. The molecule has 1 N–H and O–H groups in total. The zero-order valence-corrected chi connectivity index (χ0v) is 18.5. The quantitative estimate of drug-likeness (QED) is 0.309. The van der Waals surface area contributed by atoms with Crippen LogP contribution in [0.5, 0.6) is 11.5 Å². The van der Waals surface area contributed by atoms with Gasteiger partial charge in [0, 0.05) is 32.2 Å². The van der Waals surface area contributed by atoms with E-state index in [0.717, 1.165) is 17.7 Å². The first-order valence-corrected chi connectivity index (χ1v) is 10.7. The number of ether oxygens (including phenoxy) is 3. The lowest BCUT2D eigenvalue weighted by Crippen LogP contribution is -2.31. The van der Waals surface area contributed by atoms with Crippen LogP contribution in [-0.4, -0.2) is 55.2 Å². The Labute approximate surface area is 187 Å². The van der Waals surface area contributed by atoms with E-state index >= 15 is 0 Å². The van der Waals surface area contributed by atoms with Crippen molar-refractivity contribution in [2.45, 2.75) is 31.9 Å². The number of hydrogen-bond acceptors (Lipinski definition) is 6. The molecule has 1 saturated heterocycles. The second-order valence-electron chi connectivity index (χ2n) is 8.07. The van der Waals surface area contributed by atoms with Gasteiger partial charge < -0.3 is 24.2 Å². The van der Waals surface area contributed by atoms with Crippen molar-refractivity contribution in [3.8, 4) is 11.5 Å². The number of ketones is 1. The van der Waals surface area contributed by atoms with Gasteiger partial charge in [0.05, 0.1) is 18.7 Å². The molecule has 2 aliphatic heterocycles. The third-order valence-corrected chi connectivity index (χ3v) is 5.87. The smallest absolute Gasteiger partial charge is 0.295 e. The van der Waals surface area contributed by atoms with Crippen LogP contribution in [0.25, 0.3) is 5.76 Å². The summed E-state index contributed by atoms with van der Waals surface area (Å²) < 4.78 is 16.2. The van der Waals surface area contributed by atoms with Crippen LogP contribution in [-0.2, 0) is 20.7 Å². The molecule has 0 saturated carbocycles. The van der Waals surface area contributed by atoms with Crippen LogP contribution in [0.4, 0.5) is 0 Å². The van der Waals surface area contributed by atoms with Crippen molar-refractivity contribution in [3.63, 3.8) is 0 Å². The molecule has 7 heteroatoms. The summed E-state index contributed by atoms with van der Waals surface area (Å²) in [6.07, 6.45) is 1.35. The SMILES string of the molecule is COCCCN1C(=O)C(=O)/C(=C(\O)c2ccc3c(c2)CC(C)O3)C1c1cccc(OC)c1. The monoisotopic (exact) mass is 437 g/mol. The number of nitrogens with zero attached hydrogens (tertiary/aromatic N) is 1. The van der Waals surface area contributed by atoms with E-state index in [0.29, 0.717) is 36.4 Å². The third kappa shape index (κ3) is 3.96. The van der Waals surface area contributed by atoms with Gasteiger partial charge >= 0.3 is 0 Å². The molecule has 0 aromatic heterocycles. The Bertz CT molecular complexity index is 1080. The first kappa shape index (κ1) is 21.9. The van der Waals surface area contributed by atoms with Gasteiger partial charge in [-0.05, 0) is 54.8 Å². The van der Waals surface area contributed by atoms with Gasteiger partial charge in [0.25, 0.3) is 11.7 Å². The second kappa shape index (κ2) is 9.04. The maximum Gasteiger partial charge on any atom is 0.295 e. The number of carbonyl (C=O) groups excluding carboxylic acids is 2. The predicted molar refractivity (Wildman–Crippen MR) is 119 cm³/mol. The van der Waals surface area contributed by atoms with Crippen LogP contribution in [0, 0.1) is 0 Å². The Balaban J connectivity index is 1.81. The van der Waals surface area contributed by atoms with Crippen molar-refractivity contribution >= 4 is 17.4 Å². The van der Waals surface area contributed by atoms with Crippen LogP contribution in [0.3, 0.4) is 0 Å². The number of benzene rings is 2. The van der Waals surface area contributed by atoms with E-state index in [1.54, 1.807) is 44.6 Å². The zero-order chi connectivity index (χ0) is 22.8. The van der Waals surface area contributed by atoms with Gasteiger partial charge in [-0.25, -0.2) is 0 Å². The molecule has 2 unspecified atom stereocenters. The first-order chi connectivity index (χ1) is 15.4. The summed E-state index contributed by atoms with van der Waals surface area (Å²) in [4.78, 5) is 27.5. The van der Waals surface area contributed by atoms with Gasteiger partial charge in [0.15, 0.2) is 0 Å². The van der Waals surface area contributed by atoms with E-state index in [1.807, 2.05) is 19.1 Å². The highest BCUT2D eigenvalue weighted by molar-refractivity contribution is 6.46. The molecule has 0 aliphatic carbocycles. The number of aliphatic hydroxyl groups excluding tert-OH is 1. The Morgan fingerprint density at radius 1 is 1.19 bits per heavy atom. The summed E-state index contributed by atoms with van der Waals surface area (Å²) in [5.41, 5.74) is 2.23. The summed E-state index contributed by atoms with van der Waals surface area (Å²) in [6, 6.07) is 11.8. The molecule has 2 atom stereocenters. The molecule has 2 aromatic carbocycles. The third-order valence-electron chi connectivity index (χ3n) is 5.87. The van der Waals surface area contributed by atoms with Gasteiger partial charge in [0.1, 0.15) is 23.4 Å². The lowest BCUT2D eigenvalue weighted by molar-refractivity contribution is -0.140. The van der Waals surface area contributed by atoms with E-state index in [4.69, 9.17) is 14.2 Å². The van der Waals surface area contributed by atoms with Crippen LogP contribution in [0.1, 0.15) is 36.1 Å². The number of hydrogen-bond donors (Lipinski definition) is 1. The average molecular weight is 437 g/mol. The molecule has 168 valence electrons. The Kier molecular flexibility index (Phi) is 6.19. The van der Waals surface area contributed by atoms with Crippen molar-refractivity contribution in [3.05, 3.63) is 64.7 Å². The summed E-state index contributed by atoms with van der Waals surface area (Å²) >= 11 is 0. The Morgan fingerprint density at radius 3 is 2.75 bits per heavy atom. The molecule has 2 heterocycles. The first-order valence-electron chi connectivity index (χ1n) is 10.7. The number of aliphatic hydroxyl groups is 1. The van der Waals surface area contributed by atoms with Crippen molar-refractivity contribution in [1.29, 1.82) is 0 Å². The molecule has 32 heavy (non-hydrogen) atoms. The summed E-state index contributed by atoms with van der Waals surface area (Å²) in [5, 5.41) is 11.2. The maximum atomic E-state index is 13.1. The Hall–Kier alpha value is -3.32. The van der Waals surface area contributed by atoms with E-state index in [-0.39, 0.29) is 17.4 Å². The number of rotatable bonds is 7. The topological polar surface area (TPSA) is 85.3 Å². The minimum absolute atomic E-state index is 0.0607. The number of methoxy groups -OCH3 is 2. The van der Waals surface area contributed by atoms with Crippen molar-refractivity contribution < 1.29 is 28.9 Å². The van der Waals surface area contributed by atoms with Gasteiger partial charge in [-0.15, -0.1) is 0 Å². The van der Waals surface area contributed by atoms with Crippen LogP contribution in [0.2, 0.25) is 0 Å². The number of Topliss-reactive ketones (excluding diaryl/α,β-unsaturated/α-hetero) is 1. The molecule has 2 aliphatic rings. The van der Waals surface area contributed by atoms with Gasteiger partial charge in [-0.1, -0.05) is 12.1 Å². The predicted octanol–water partition coefficient (Wildman–Crippen LogP) is 3.48. The zero-order valence-electron chi connectivity index (χ0n) is 18.5. The number of carbonyl (C=O) groups is 2. The average Bonchev–Trinajstić information content (AvgIpc) is 3.29. The number of amides is 1. The molecular weight excluding hydrogens is 410 g/mol. The molecule has 1 fully saturated rings. The van der Waals surface area contributed by atoms with E-state index < -0.39 is 17.7 Å². The maximum absolute atomic E-state index is 13.1. The number of fused-ring (bicyclic) bond motifs is 1.